The van der Waals surface area contributed by atoms with Gasteiger partial charge < -0.3 is 28.4 Å². The molecule has 1 amide bonds. The molecule has 178 valence electrons. The molecular weight excluding hydrogens is 634 g/mol. The summed E-state index contributed by atoms with van der Waals surface area (Å²) >= 11 is 4.56. The average molecular weight is 662 g/mol. The maximum absolute atomic E-state index is 10.0. The van der Waals surface area contributed by atoms with Crippen LogP contribution in [0.4, 0.5) is 0 Å². The van der Waals surface area contributed by atoms with Gasteiger partial charge in [-0.3, -0.25) is 4.79 Å². The van der Waals surface area contributed by atoms with Crippen molar-refractivity contribution in [1.82, 2.24) is 5.32 Å². The fraction of sp³-hybridized carbons (Fsp3) is 0.111. The first-order valence-corrected chi connectivity index (χ1v) is 12.3. The molecule has 1 aliphatic carbocycles. The van der Waals surface area contributed by atoms with Crippen molar-refractivity contribution in [2.75, 3.05) is 12.3 Å². The molecule has 0 fully saturated rings. The molecule has 0 bridgehead atoms. The number of benzene rings is 3. The minimum Gasteiger partial charge on any atom is -0.791 e. The molecule has 1 N–H and O–H groups in total. The van der Waals surface area contributed by atoms with Crippen LogP contribution in [0.1, 0.15) is 6.92 Å². The second kappa shape index (κ2) is 21.2. The van der Waals surface area contributed by atoms with E-state index in [2.05, 4.69) is 109 Å². The molecule has 0 unspecified atom stereocenters. The quantitative estimate of drug-likeness (QED) is 0.317. The van der Waals surface area contributed by atoms with Crippen LogP contribution in [0, 0.1) is 11.3 Å². The van der Waals surface area contributed by atoms with Crippen LogP contribution in [0.25, 0.3) is 5.59 Å². The van der Waals surface area contributed by atoms with Crippen LogP contribution in [0.5, 0.6) is 0 Å². The van der Waals surface area contributed by atoms with Crippen molar-refractivity contribution < 1.29 is 25.2 Å². The van der Waals surface area contributed by atoms with Gasteiger partial charge in [0.05, 0.1) is 0 Å². The summed E-state index contributed by atoms with van der Waals surface area (Å²) in [6.45, 7) is 2.09. The standard InChI is InChI=1S/C18H15P.C5H5.C4H9NOS.NO.Re/c1-4-10-16(11-5-1)19(17-12-6-2-7-13-17)18-14-8-3-9-15-18;1-2-4-5-3-1;1-4(6)5-2-3-7;1-2;/h1-15H;1-5H;7H,2-3H2,1H3,(H,5,6);;/q;;;-1;/p-1. The average Bonchev–Trinajstić information content (AvgIpc) is 3.47. The molecule has 0 spiro atoms. The molecule has 7 heteroatoms. The van der Waals surface area contributed by atoms with Gasteiger partial charge in [-0.05, 0) is 30.4 Å². The molecule has 0 heterocycles. The number of carbonyl (C=O) groups is 1. The van der Waals surface area contributed by atoms with E-state index in [1.54, 1.807) is 0 Å². The van der Waals surface area contributed by atoms with Crippen LogP contribution >= 0.6 is 7.92 Å². The first kappa shape index (κ1) is 31.7. The van der Waals surface area contributed by atoms with E-state index in [0.717, 1.165) is 0 Å². The van der Waals surface area contributed by atoms with Crippen molar-refractivity contribution in [2.24, 2.45) is 0 Å². The Labute approximate surface area is 223 Å². The number of rotatable bonds is 5. The predicted molar refractivity (Wildman–Crippen MR) is 145 cm³/mol. The normalized spacial score (nSPS) is 10.3. The third kappa shape index (κ3) is 13.4. The van der Waals surface area contributed by atoms with E-state index in [9.17, 15) is 4.79 Å². The van der Waals surface area contributed by atoms with E-state index in [0.29, 0.717) is 12.3 Å². The number of nitrogens with one attached hydrogen (secondary N) is 1. The SMILES string of the molecule is CC(=O)NCC[S-].[CH]1C=CC=C1.[N-]=O.[Re].c1ccc(P(c2ccccc2)c2ccccc2)cc1. The Balaban J connectivity index is 0.000000603. The second-order valence-corrected chi connectivity index (χ2v) is 9.12. The van der Waals surface area contributed by atoms with Crippen LogP contribution in [-0.4, -0.2) is 18.2 Å². The molecule has 0 saturated carbocycles. The largest absolute Gasteiger partial charge is 0.791 e. The van der Waals surface area contributed by atoms with Gasteiger partial charge in [-0.15, -0.1) is 0 Å². The van der Waals surface area contributed by atoms with Gasteiger partial charge in [0, 0.05) is 33.8 Å². The van der Waals surface area contributed by atoms with Gasteiger partial charge in [0.15, 0.2) is 0 Å². The minimum atomic E-state index is -0.446. The monoisotopic (exact) mass is 662 g/mol. The molecule has 4 nitrogen and oxygen atoms in total. The van der Waals surface area contributed by atoms with E-state index in [-0.39, 0.29) is 26.3 Å². The van der Waals surface area contributed by atoms with Gasteiger partial charge in [-0.2, -0.15) is 5.75 Å². The van der Waals surface area contributed by atoms with Gasteiger partial charge in [0.1, 0.15) is 0 Å². The molecule has 0 atom stereocenters. The maximum Gasteiger partial charge on any atom is 0.216 e. The zero-order valence-corrected chi connectivity index (χ0v) is 23.4. The van der Waals surface area contributed by atoms with Crippen LogP contribution in [0.3, 0.4) is 0 Å². The first-order valence-electron chi connectivity index (χ1n) is 10.3. The smallest absolute Gasteiger partial charge is 0.216 e. The molecule has 2 radical (unpaired) electrons. The summed E-state index contributed by atoms with van der Waals surface area (Å²) in [5.41, 5.74) is 5.75. The van der Waals surface area contributed by atoms with Crippen molar-refractivity contribution in [3.05, 3.63) is 132 Å². The van der Waals surface area contributed by atoms with Gasteiger partial charge in [0.25, 0.3) is 0 Å². The Hall–Kier alpha value is -2.35. The number of allylic oxidation sites excluding steroid dienone is 4. The Kier molecular flexibility index (Phi) is 19.7. The second-order valence-electron chi connectivity index (χ2n) is 6.49. The molecule has 3 aromatic carbocycles. The summed E-state index contributed by atoms with van der Waals surface area (Å²) in [6, 6.07) is 32.3. The Morgan fingerprint density at radius 3 is 1.29 bits per heavy atom. The fourth-order valence-corrected chi connectivity index (χ4v) is 5.13. The summed E-state index contributed by atoms with van der Waals surface area (Å²) < 4.78 is 0. The predicted octanol–water partition coefficient (Wildman–Crippen LogP) is 4.75. The summed E-state index contributed by atoms with van der Waals surface area (Å²) in [5, 5.41) is 6.75. The molecule has 1 aliphatic rings. The third-order valence-electron chi connectivity index (χ3n) is 4.07. The molecule has 3 aromatic rings. The van der Waals surface area contributed by atoms with E-state index in [1.165, 1.54) is 22.8 Å². The number of carbonyl (C=O) groups excluding carboxylic acids is 1. The van der Waals surface area contributed by atoms with E-state index < -0.39 is 7.92 Å². The van der Waals surface area contributed by atoms with E-state index in [1.807, 2.05) is 30.7 Å². The summed E-state index contributed by atoms with van der Waals surface area (Å²) in [7, 11) is -0.446. The van der Waals surface area contributed by atoms with Crippen LogP contribution in [0.15, 0.2) is 115 Å². The van der Waals surface area contributed by atoms with Crippen molar-refractivity contribution in [3.8, 4) is 0 Å². The van der Waals surface area contributed by atoms with Crippen LogP contribution in [0.2, 0.25) is 0 Å². The van der Waals surface area contributed by atoms with Crippen LogP contribution in [-0.2, 0) is 37.8 Å². The van der Waals surface area contributed by atoms with Gasteiger partial charge in [-0.25, -0.2) is 0 Å². The minimum absolute atomic E-state index is 0. The summed E-state index contributed by atoms with van der Waals surface area (Å²) in [6.07, 6.45) is 10.0. The number of hydrogen-bond donors (Lipinski definition) is 1. The van der Waals surface area contributed by atoms with E-state index >= 15 is 0 Å². The Morgan fingerprint density at radius 2 is 1.09 bits per heavy atom. The number of nitrogens with zero attached hydrogens (tertiary/aromatic N) is 1. The number of amides is 1. The number of nitroso groups, excluding NO2 is 1. The van der Waals surface area contributed by atoms with Crippen molar-refractivity contribution in [2.45, 2.75) is 6.92 Å². The third-order valence-corrected chi connectivity index (χ3v) is 6.72. The van der Waals surface area contributed by atoms with E-state index in [4.69, 9.17) is 10.5 Å². The van der Waals surface area contributed by atoms with Gasteiger partial charge in [-0.1, -0.05) is 115 Å². The zero-order valence-electron chi connectivity index (χ0n) is 19.0. The molecule has 4 rings (SSSR count). The van der Waals surface area contributed by atoms with Gasteiger partial charge in [0.2, 0.25) is 5.91 Å². The molecule has 0 saturated heterocycles. The Bertz CT molecular complexity index is 854. The topological polar surface area (TPSA) is 68.5 Å². The van der Waals surface area contributed by atoms with Crippen molar-refractivity contribution in [1.29, 1.82) is 0 Å². The molecular formula is C27H28N2O2PReS-2. The van der Waals surface area contributed by atoms with Gasteiger partial charge >= 0.3 is 0 Å². The summed E-state index contributed by atoms with van der Waals surface area (Å²) in [4.78, 5) is 17.3. The number of hydrogen-bond acceptors (Lipinski definition) is 3. The van der Waals surface area contributed by atoms with Crippen LogP contribution < -0.4 is 21.2 Å². The zero-order chi connectivity index (χ0) is 24.2. The molecule has 0 aliphatic heterocycles. The summed E-state index contributed by atoms with van der Waals surface area (Å²) in [5.74, 6) is 0.587. The van der Waals surface area contributed by atoms with Crippen molar-refractivity contribution >= 4 is 42.4 Å². The molecule has 34 heavy (non-hydrogen) atoms. The first-order chi connectivity index (χ1) is 16.2. The van der Waals surface area contributed by atoms with Crippen molar-refractivity contribution in [3.63, 3.8) is 0 Å². The fourth-order valence-electron chi connectivity index (χ4n) is 2.73. The molecule has 0 aromatic heterocycles. The Morgan fingerprint density at radius 1 is 0.735 bits per heavy atom. The maximum atomic E-state index is 10.0.